The van der Waals surface area contributed by atoms with Gasteiger partial charge in [0, 0.05) is 12.6 Å². The molecule has 3 heterocycles. The van der Waals surface area contributed by atoms with Crippen LogP contribution in [0.1, 0.15) is 45.3 Å². The molecule has 0 radical (unpaired) electrons. The minimum Gasteiger partial charge on any atom is -0.394 e. The van der Waals surface area contributed by atoms with Gasteiger partial charge in [-0.3, -0.25) is 4.57 Å². The first-order chi connectivity index (χ1) is 13.6. The Morgan fingerprint density at radius 1 is 1.21 bits per heavy atom. The van der Waals surface area contributed by atoms with E-state index in [1.807, 2.05) is 0 Å². The van der Waals surface area contributed by atoms with Gasteiger partial charge in [-0.2, -0.15) is 0 Å². The van der Waals surface area contributed by atoms with E-state index in [-0.39, 0.29) is 12.6 Å². The van der Waals surface area contributed by atoms with E-state index in [9.17, 15) is 15.3 Å². The number of nitrogens with one attached hydrogen (secondary N) is 2. The largest absolute Gasteiger partial charge is 0.394 e. The van der Waals surface area contributed by atoms with E-state index in [0.29, 0.717) is 22.9 Å². The lowest BCUT2D eigenvalue weighted by Gasteiger charge is -2.21. The molecule has 1 saturated carbocycles. The van der Waals surface area contributed by atoms with E-state index in [4.69, 9.17) is 9.72 Å². The second-order valence-electron chi connectivity index (χ2n) is 7.48. The van der Waals surface area contributed by atoms with Gasteiger partial charge in [0.15, 0.2) is 23.2 Å². The van der Waals surface area contributed by atoms with Crippen molar-refractivity contribution in [1.29, 1.82) is 0 Å². The van der Waals surface area contributed by atoms with Crippen LogP contribution in [0.5, 0.6) is 0 Å². The van der Waals surface area contributed by atoms with Crippen LogP contribution in [-0.4, -0.2) is 72.3 Å². The average Bonchev–Trinajstić information content (AvgIpc) is 3.40. The molecule has 4 rings (SSSR count). The van der Waals surface area contributed by atoms with Crippen molar-refractivity contribution >= 4 is 22.9 Å². The molecule has 0 amide bonds. The topological polar surface area (TPSA) is 138 Å². The summed E-state index contributed by atoms with van der Waals surface area (Å²) in [6.07, 6.45) is 2.63. The van der Waals surface area contributed by atoms with Crippen LogP contribution in [0.3, 0.4) is 0 Å². The molecule has 0 spiro atoms. The number of aromatic nitrogens is 4. The van der Waals surface area contributed by atoms with Gasteiger partial charge >= 0.3 is 0 Å². The molecule has 2 aliphatic rings. The fourth-order valence-electron chi connectivity index (χ4n) is 3.97. The lowest BCUT2D eigenvalue weighted by atomic mass is 10.1. The predicted octanol–water partition coefficient (Wildman–Crippen LogP) is 0.614. The normalized spacial score (nSPS) is 28.3. The molecule has 4 atom stereocenters. The molecule has 154 valence electrons. The highest BCUT2D eigenvalue weighted by atomic mass is 16.6. The van der Waals surface area contributed by atoms with E-state index in [1.54, 1.807) is 4.57 Å². The van der Waals surface area contributed by atoms with Gasteiger partial charge in [-0.15, -0.1) is 0 Å². The van der Waals surface area contributed by atoms with Crippen LogP contribution in [-0.2, 0) is 4.74 Å². The van der Waals surface area contributed by atoms with E-state index in [1.165, 1.54) is 6.33 Å². The molecule has 5 N–H and O–H groups in total. The molecule has 0 aromatic carbocycles. The lowest BCUT2D eigenvalue weighted by molar-refractivity contribution is -0.0501. The molecule has 0 bridgehead atoms. The van der Waals surface area contributed by atoms with Gasteiger partial charge < -0.3 is 30.7 Å². The van der Waals surface area contributed by atoms with Crippen LogP contribution >= 0.6 is 0 Å². The third kappa shape index (κ3) is 3.41. The Hall–Kier alpha value is -2.01. The number of aliphatic hydroxyl groups excluding tert-OH is 3. The monoisotopic (exact) mass is 392 g/mol. The van der Waals surface area contributed by atoms with Gasteiger partial charge in [0.25, 0.3) is 0 Å². The third-order valence-electron chi connectivity index (χ3n) is 5.48. The fourth-order valence-corrected chi connectivity index (χ4v) is 3.97. The first kappa shape index (κ1) is 19.3. The Balaban J connectivity index is 1.77. The number of rotatable bonds is 7. The second-order valence-corrected chi connectivity index (χ2v) is 7.48. The number of hydrogen-bond donors (Lipinski definition) is 5. The summed E-state index contributed by atoms with van der Waals surface area (Å²) in [4.78, 5) is 13.4. The first-order valence-corrected chi connectivity index (χ1v) is 9.99. The molecule has 2 fully saturated rings. The number of aliphatic hydroxyl groups is 3. The minimum absolute atomic E-state index is 0.285. The van der Waals surface area contributed by atoms with Crippen LogP contribution in [0.15, 0.2) is 6.33 Å². The number of hydrogen-bond acceptors (Lipinski definition) is 9. The summed E-state index contributed by atoms with van der Waals surface area (Å²) >= 11 is 0. The molecule has 1 saturated heterocycles. The zero-order chi connectivity index (χ0) is 19.7. The highest BCUT2D eigenvalue weighted by Crippen LogP contribution is 2.36. The maximum atomic E-state index is 10.6. The van der Waals surface area contributed by atoms with Gasteiger partial charge in [0.2, 0.25) is 5.95 Å². The average molecular weight is 392 g/mol. The Morgan fingerprint density at radius 2 is 2.00 bits per heavy atom. The molecular formula is C18H28N6O4. The molecule has 10 heteroatoms. The summed E-state index contributed by atoms with van der Waals surface area (Å²) in [5.74, 6) is 1.14. The van der Waals surface area contributed by atoms with Crippen molar-refractivity contribution in [1.82, 2.24) is 19.5 Å². The molecule has 2 aromatic rings. The van der Waals surface area contributed by atoms with Gasteiger partial charge in [0.1, 0.15) is 24.6 Å². The van der Waals surface area contributed by atoms with Crippen LogP contribution in [0.2, 0.25) is 0 Å². The minimum atomic E-state index is -1.21. The fraction of sp³-hybridized carbons (Fsp3) is 0.722. The van der Waals surface area contributed by atoms with Crippen LogP contribution in [0.25, 0.3) is 11.2 Å². The van der Waals surface area contributed by atoms with E-state index in [0.717, 1.165) is 38.6 Å². The zero-order valence-corrected chi connectivity index (χ0v) is 16.0. The van der Waals surface area contributed by atoms with E-state index in [2.05, 4.69) is 27.5 Å². The maximum Gasteiger partial charge on any atom is 0.207 e. The molecule has 10 nitrogen and oxygen atoms in total. The highest BCUT2D eigenvalue weighted by molar-refractivity contribution is 5.85. The first-order valence-electron chi connectivity index (χ1n) is 9.99. The van der Waals surface area contributed by atoms with Crippen molar-refractivity contribution in [3.63, 3.8) is 0 Å². The van der Waals surface area contributed by atoms with E-state index < -0.39 is 24.5 Å². The SMILES string of the molecule is CCCNc1ncnc2c1nc(NC1CCCC1)n2C1O[C@H](CO)[C@@H](O)[C@H]1O. The van der Waals surface area contributed by atoms with Crippen molar-refractivity contribution in [2.24, 2.45) is 0 Å². The lowest BCUT2D eigenvalue weighted by Crippen LogP contribution is -2.33. The maximum absolute atomic E-state index is 10.6. The van der Waals surface area contributed by atoms with Crippen molar-refractivity contribution < 1.29 is 20.1 Å². The van der Waals surface area contributed by atoms with Crippen molar-refractivity contribution in [3.8, 4) is 0 Å². The number of fused-ring (bicyclic) bond motifs is 1. The summed E-state index contributed by atoms with van der Waals surface area (Å²) in [7, 11) is 0. The number of anilines is 2. The smallest absolute Gasteiger partial charge is 0.207 e. The van der Waals surface area contributed by atoms with Crippen molar-refractivity contribution in [2.75, 3.05) is 23.8 Å². The Morgan fingerprint density at radius 3 is 2.68 bits per heavy atom. The standard InChI is InChI=1S/C18H28N6O4/c1-2-7-19-15-12-16(21-9-20-15)24(17-14(27)13(26)11(8-25)28-17)18(23-12)22-10-5-3-4-6-10/h9-11,13-14,17,25-27H,2-8H2,1H3,(H,22,23)(H,19,20,21)/t11-,13-,14-,17?/m1/s1. The summed E-state index contributed by atoms with van der Waals surface area (Å²) in [5, 5.41) is 36.9. The molecule has 1 aliphatic heterocycles. The van der Waals surface area contributed by atoms with E-state index >= 15 is 0 Å². The zero-order valence-electron chi connectivity index (χ0n) is 16.0. The number of ether oxygens (including phenoxy) is 1. The Bertz CT molecular complexity index is 809. The summed E-state index contributed by atoms with van der Waals surface area (Å²) in [5.41, 5.74) is 1.08. The molecule has 1 aliphatic carbocycles. The van der Waals surface area contributed by atoms with Crippen molar-refractivity contribution in [3.05, 3.63) is 6.33 Å². The second kappa shape index (κ2) is 8.16. The number of nitrogens with zero attached hydrogens (tertiary/aromatic N) is 4. The van der Waals surface area contributed by atoms with Gasteiger partial charge in [0.05, 0.1) is 6.61 Å². The summed E-state index contributed by atoms with van der Waals surface area (Å²) in [6, 6.07) is 0.285. The van der Waals surface area contributed by atoms with Crippen LogP contribution < -0.4 is 10.6 Å². The quantitative estimate of drug-likeness (QED) is 0.459. The van der Waals surface area contributed by atoms with Crippen LogP contribution in [0, 0.1) is 0 Å². The third-order valence-corrected chi connectivity index (χ3v) is 5.48. The predicted molar refractivity (Wildman–Crippen MR) is 103 cm³/mol. The summed E-state index contributed by atoms with van der Waals surface area (Å²) < 4.78 is 7.44. The van der Waals surface area contributed by atoms with Gasteiger partial charge in [-0.25, -0.2) is 15.0 Å². The molecule has 1 unspecified atom stereocenters. The molecule has 2 aromatic heterocycles. The summed E-state index contributed by atoms with van der Waals surface area (Å²) in [6.45, 7) is 2.43. The molecule has 28 heavy (non-hydrogen) atoms. The Labute approximate surface area is 163 Å². The van der Waals surface area contributed by atoms with Crippen molar-refractivity contribution in [2.45, 2.75) is 69.6 Å². The van der Waals surface area contributed by atoms with Gasteiger partial charge in [-0.1, -0.05) is 19.8 Å². The molecular weight excluding hydrogens is 364 g/mol. The highest BCUT2D eigenvalue weighted by Gasteiger charge is 2.45. The van der Waals surface area contributed by atoms with Gasteiger partial charge in [-0.05, 0) is 19.3 Å². The Kier molecular flexibility index (Phi) is 5.63. The number of imidazole rings is 1. The van der Waals surface area contributed by atoms with Crippen LogP contribution in [0.4, 0.5) is 11.8 Å².